The maximum absolute atomic E-state index is 13.4. The number of benzene rings is 2. The van der Waals surface area contributed by atoms with Crippen molar-refractivity contribution in [2.24, 2.45) is 5.41 Å². The van der Waals surface area contributed by atoms with Gasteiger partial charge in [0.1, 0.15) is 5.75 Å². The molecule has 212 valence electrons. The second kappa shape index (κ2) is 13.9. The molecule has 0 bridgehead atoms. The van der Waals surface area contributed by atoms with Gasteiger partial charge in [0.2, 0.25) is 11.1 Å². The van der Waals surface area contributed by atoms with E-state index >= 15 is 0 Å². The predicted octanol–water partition coefficient (Wildman–Crippen LogP) is 8.04. The lowest BCUT2D eigenvalue weighted by atomic mass is 9.72. The summed E-state index contributed by atoms with van der Waals surface area (Å²) in [6.07, 6.45) is 3.77. The topological polar surface area (TPSA) is 94.1 Å². The molecule has 0 radical (unpaired) electrons. The van der Waals surface area contributed by atoms with E-state index in [9.17, 15) is 14.1 Å². The van der Waals surface area contributed by atoms with Gasteiger partial charge >= 0.3 is 6.09 Å². The first-order valence-corrected chi connectivity index (χ1v) is 14.5. The highest BCUT2D eigenvalue weighted by Crippen LogP contribution is 2.40. The van der Waals surface area contributed by atoms with Gasteiger partial charge in [0, 0.05) is 0 Å². The first-order chi connectivity index (χ1) is 17.8. The van der Waals surface area contributed by atoms with E-state index in [1.54, 1.807) is 13.0 Å². The first-order valence-electron chi connectivity index (χ1n) is 13.4. The summed E-state index contributed by atoms with van der Waals surface area (Å²) in [5, 5.41) is 13.0. The molecule has 2 N–H and O–H groups in total. The summed E-state index contributed by atoms with van der Waals surface area (Å²) < 4.78 is 30.5. The van der Waals surface area contributed by atoms with Crippen LogP contribution in [0.5, 0.6) is 17.2 Å². The first kappa shape index (κ1) is 31.5. The number of ether oxygens (including phenoxy) is 2. The quantitative estimate of drug-likeness (QED) is 0.195. The lowest BCUT2D eigenvalue weighted by Gasteiger charge is -2.33. The predicted molar refractivity (Wildman–Crippen MR) is 154 cm³/mol. The Balaban J connectivity index is 2.37. The molecule has 0 saturated heterocycles. The van der Waals surface area contributed by atoms with Gasteiger partial charge in [-0.15, -0.1) is 0 Å². The number of rotatable bonds is 13. The zero-order chi connectivity index (χ0) is 28.5. The van der Waals surface area contributed by atoms with E-state index in [4.69, 9.17) is 13.7 Å². The fourth-order valence-electron chi connectivity index (χ4n) is 4.39. The van der Waals surface area contributed by atoms with Crippen LogP contribution in [0.25, 0.3) is 0 Å². The number of hydrogen-bond acceptors (Lipinski definition) is 6. The second-order valence-electron chi connectivity index (χ2n) is 11.6. The van der Waals surface area contributed by atoms with E-state index in [1.165, 1.54) is 6.07 Å². The third-order valence-corrected chi connectivity index (χ3v) is 7.00. The molecule has 0 aliphatic rings. The van der Waals surface area contributed by atoms with Crippen molar-refractivity contribution in [2.45, 2.75) is 97.8 Å². The van der Waals surface area contributed by atoms with E-state index in [1.807, 2.05) is 25.1 Å². The highest BCUT2D eigenvalue weighted by atomic mass is 32.2. The molecule has 0 heterocycles. The van der Waals surface area contributed by atoms with Crippen LogP contribution in [0.3, 0.4) is 0 Å². The minimum Gasteiger partial charge on any atom is -0.505 e. The number of nitrogens with one attached hydrogen (secondary N) is 1. The molecule has 0 saturated carbocycles. The maximum Gasteiger partial charge on any atom is 0.411 e. The summed E-state index contributed by atoms with van der Waals surface area (Å²) in [5.74, 6) is 0.793. The SMILES string of the molecule is CCCCOC(=O)Nc1cc(S(=O)Oc2cc(C(C)(C)CC(C)(C)C)ccc2OCCCC)cc(C)c1O. The normalized spacial score (nSPS) is 12.6. The van der Waals surface area contributed by atoms with Crippen LogP contribution in [0.2, 0.25) is 0 Å². The Morgan fingerprint density at radius 3 is 2.26 bits per heavy atom. The van der Waals surface area contributed by atoms with Gasteiger partial charge in [-0.05, 0) is 72.4 Å². The third kappa shape index (κ3) is 9.53. The molecule has 38 heavy (non-hydrogen) atoms. The Bertz CT molecular complexity index is 1110. The summed E-state index contributed by atoms with van der Waals surface area (Å²) in [7, 11) is 0. The highest BCUT2D eigenvalue weighted by Gasteiger charge is 2.29. The molecule has 8 heteroatoms. The molecular weight excluding hydrogens is 502 g/mol. The Morgan fingerprint density at radius 1 is 0.974 bits per heavy atom. The minimum atomic E-state index is -1.94. The summed E-state index contributed by atoms with van der Waals surface area (Å²) in [5.41, 5.74) is 1.58. The Labute approximate surface area is 230 Å². The maximum atomic E-state index is 13.4. The molecular formula is C30H45NO6S. The van der Waals surface area contributed by atoms with Crippen LogP contribution in [0.4, 0.5) is 10.5 Å². The molecule has 0 fully saturated rings. The van der Waals surface area contributed by atoms with Gasteiger partial charge in [0.15, 0.2) is 11.5 Å². The molecule has 1 unspecified atom stereocenters. The Hall–Kier alpha value is -2.74. The number of carbonyl (C=O) groups excluding carboxylic acids is 1. The molecule has 7 nitrogen and oxygen atoms in total. The zero-order valence-electron chi connectivity index (χ0n) is 24.2. The van der Waals surface area contributed by atoms with E-state index in [-0.39, 0.29) is 28.9 Å². The second-order valence-corrected chi connectivity index (χ2v) is 12.7. The number of anilines is 1. The van der Waals surface area contributed by atoms with Crippen molar-refractivity contribution in [3.05, 3.63) is 41.5 Å². The van der Waals surface area contributed by atoms with Gasteiger partial charge in [-0.1, -0.05) is 67.4 Å². The number of aryl methyl sites for hydroxylation is 1. The van der Waals surface area contributed by atoms with Gasteiger partial charge in [-0.25, -0.2) is 9.00 Å². The molecule has 2 aromatic rings. The molecule has 0 aliphatic carbocycles. The van der Waals surface area contributed by atoms with Crippen molar-refractivity contribution >= 4 is 22.9 Å². The Morgan fingerprint density at radius 2 is 1.63 bits per heavy atom. The lowest BCUT2D eigenvalue weighted by molar-refractivity contribution is 0.159. The fraction of sp³-hybridized carbons (Fsp3) is 0.567. The van der Waals surface area contributed by atoms with Crippen molar-refractivity contribution in [1.29, 1.82) is 0 Å². The highest BCUT2D eigenvalue weighted by molar-refractivity contribution is 7.80. The van der Waals surface area contributed by atoms with Gasteiger partial charge < -0.3 is 18.8 Å². The van der Waals surface area contributed by atoms with Gasteiger partial charge in [-0.2, -0.15) is 0 Å². The lowest BCUT2D eigenvalue weighted by Crippen LogP contribution is -2.25. The number of unbranched alkanes of at least 4 members (excludes halogenated alkanes) is 2. The van der Waals surface area contributed by atoms with Crippen LogP contribution in [0, 0.1) is 12.3 Å². The largest absolute Gasteiger partial charge is 0.505 e. The van der Waals surface area contributed by atoms with E-state index in [0.717, 1.165) is 37.7 Å². The third-order valence-electron chi connectivity index (χ3n) is 6.05. The van der Waals surface area contributed by atoms with E-state index < -0.39 is 17.2 Å². The van der Waals surface area contributed by atoms with Crippen LogP contribution in [-0.2, 0) is 21.2 Å². The molecule has 2 rings (SSSR count). The monoisotopic (exact) mass is 547 g/mol. The van der Waals surface area contributed by atoms with Crippen molar-refractivity contribution < 1.29 is 27.8 Å². The number of amides is 1. The molecule has 0 aromatic heterocycles. The standard InChI is InChI=1S/C30H45NO6S/c1-9-11-15-35-25-14-13-22(30(7,8)20-29(4,5)6)18-26(25)37-38(34)23-17-21(3)27(32)24(19-23)31-28(33)36-16-12-10-2/h13-14,17-19,32H,9-12,15-16,20H2,1-8H3,(H,31,33). The van der Waals surface area contributed by atoms with E-state index in [2.05, 4.69) is 46.9 Å². The zero-order valence-corrected chi connectivity index (χ0v) is 25.0. The van der Waals surface area contributed by atoms with Crippen molar-refractivity contribution in [3.63, 3.8) is 0 Å². The summed E-state index contributed by atoms with van der Waals surface area (Å²) >= 11 is -1.94. The van der Waals surface area contributed by atoms with Crippen LogP contribution in [0.1, 0.15) is 91.7 Å². The van der Waals surface area contributed by atoms with Crippen molar-refractivity contribution in [3.8, 4) is 17.2 Å². The molecule has 1 amide bonds. The van der Waals surface area contributed by atoms with Crippen LogP contribution in [-0.4, -0.2) is 28.6 Å². The smallest absolute Gasteiger partial charge is 0.411 e. The Kier molecular flexibility index (Phi) is 11.5. The van der Waals surface area contributed by atoms with Crippen LogP contribution < -0.4 is 14.2 Å². The number of phenolic OH excluding ortho intramolecular Hbond substituents is 1. The van der Waals surface area contributed by atoms with Gasteiger partial charge in [-0.3, -0.25) is 5.32 Å². The van der Waals surface area contributed by atoms with Gasteiger partial charge in [0.25, 0.3) is 0 Å². The number of carbonyl (C=O) groups is 1. The average molecular weight is 548 g/mol. The van der Waals surface area contributed by atoms with Crippen molar-refractivity contribution in [2.75, 3.05) is 18.5 Å². The summed E-state index contributed by atoms with van der Waals surface area (Å²) in [4.78, 5) is 12.4. The van der Waals surface area contributed by atoms with E-state index in [0.29, 0.717) is 28.6 Å². The minimum absolute atomic E-state index is 0.109. The van der Waals surface area contributed by atoms with Crippen molar-refractivity contribution in [1.82, 2.24) is 0 Å². The summed E-state index contributed by atoms with van der Waals surface area (Å²) in [6, 6.07) is 8.83. The van der Waals surface area contributed by atoms with Gasteiger partial charge in [0.05, 0.1) is 23.8 Å². The number of phenols is 1. The molecule has 2 aromatic carbocycles. The number of aromatic hydroxyl groups is 1. The fourth-order valence-corrected chi connectivity index (χ4v) is 5.27. The van der Waals surface area contributed by atoms with Crippen LogP contribution >= 0.6 is 0 Å². The number of hydrogen-bond donors (Lipinski definition) is 2. The molecule has 0 aliphatic heterocycles. The average Bonchev–Trinajstić information content (AvgIpc) is 2.81. The van der Waals surface area contributed by atoms with Crippen LogP contribution in [0.15, 0.2) is 35.2 Å². The summed E-state index contributed by atoms with van der Waals surface area (Å²) in [6.45, 7) is 17.6. The molecule has 0 spiro atoms. The molecule has 1 atom stereocenters.